The number of hydrogen-bond donors (Lipinski definition) is 1. The number of para-hydroxylation sites is 1. The van der Waals surface area contributed by atoms with E-state index in [2.05, 4.69) is 6.92 Å². The standard InChI is InChI=1S/C16H22N2O2S/c1-5-12-15(10(3)17)21-16(18-12)11-8-7-9-13(19-4)14(11)20-6-2/h7-10H,5-6,17H2,1-4H3. The van der Waals surface area contributed by atoms with Crippen LogP contribution in [0.4, 0.5) is 0 Å². The van der Waals surface area contributed by atoms with E-state index in [0.717, 1.165) is 39.1 Å². The predicted octanol–water partition coefficient (Wildman–Crippen LogP) is 3.80. The molecule has 114 valence electrons. The number of methoxy groups -OCH3 is 1. The highest BCUT2D eigenvalue weighted by molar-refractivity contribution is 7.15. The van der Waals surface area contributed by atoms with E-state index in [1.54, 1.807) is 18.4 Å². The average molecular weight is 306 g/mol. The molecular weight excluding hydrogens is 284 g/mol. The molecule has 0 saturated heterocycles. The minimum atomic E-state index is -0.00708. The van der Waals surface area contributed by atoms with Gasteiger partial charge in [-0.25, -0.2) is 4.98 Å². The molecule has 21 heavy (non-hydrogen) atoms. The Morgan fingerprint density at radius 3 is 2.62 bits per heavy atom. The molecule has 2 rings (SSSR count). The van der Waals surface area contributed by atoms with Crippen molar-refractivity contribution >= 4 is 11.3 Å². The molecule has 2 N–H and O–H groups in total. The molecule has 0 spiro atoms. The lowest BCUT2D eigenvalue weighted by molar-refractivity contribution is 0.312. The largest absolute Gasteiger partial charge is 0.493 e. The Bertz CT molecular complexity index is 608. The van der Waals surface area contributed by atoms with Gasteiger partial charge in [0.15, 0.2) is 11.5 Å². The Morgan fingerprint density at radius 1 is 1.33 bits per heavy atom. The van der Waals surface area contributed by atoms with Crippen molar-refractivity contribution in [1.82, 2.24) is 4.98 Å². The molecule has 0 saturated carbocycles. The molecule has 2 aromatic rings. The second-order valence-corrected chi connectivity index (χ2v) is 5.77. The van der Waals surface area contributed by atoms with Crippen LogP contribution in [0.15, 0.2) is 18.2 Å². The Labute approximate surface area is 129 Å². The zero-order valence-electron chi connectivity index (χ0n) is 13.0. The number of aromatic nitrogens is 1. The van der Waals surface area contributed by atoms with Crippen LogP contribution in [0.25, 0.3) is 10.6 Å². The topological polar surface area (TPSA) is 57.4 Å². The zero-order valence-corrected chi connectivity index (χ0v) is 13.8. The van der Waals surface area contributed by atoms with Crippen LogP contribution in [0.2, 0.25) is 0 Å². The van der Waals surface area contributed by atoms with Crippen molar-refractivity contribution in [2.75, 3.05) is 13.7 Å². The summed E-state index contributed by atoms with van der Waals surface area (Å²) in [5.41, 5.74) is 8.07. The first-order chi connectivity index (χ1) is 10.1. The minimum Gasteiger partial charge on any atom is -0.493 e. The number of aryl methyl sites for hydroxylation is 1. The number of ether oxygens (including phenoxy) is 2. The highest BCUT2D eigenvalue weighted by Crippen LogP contribution is 2.41. The molecule has 4 nitrogen and oxygen atoms in total. The van der Waals surface area contributed by atoms with E-state index in [0.29, 0.717) is 6.61 Å². The molecule has 1 atom stereocenters. The molecule has 0 fully saturated rings. The molecule has 0 bridgehead atoms. The summed E-state index contributed by atoms with van der Waals surface area (Å²) in [6.45, 7) is 6.63. The molecular formula is C16H22N2O2S. The van der Waals surface area contributed by atoms with Gasteiger partial charge in [-0.1, -0.05) is 13.0 Å². The third kappa shape index (κ3) is 3.19. The molecule has 1 unspecified atom stereocenters. The summed E-state index contributed by atoms with van der Waals surface area (Å²) in [6.07, 6.45) is 0.876. The summed E-state index contributed by atoms with van der Waals surface area (Å²) < 4.78 is 11.2. The lowest BCUT2D eigenvalue weighted by Gasteiger charge is -2.12. The van der Waals surface area contributed by atoms with Gasteiger partial charge in [-0.2, -0.15) is 0 Å². The fourth-order valence-corrected chi connectivity index (χ4v) is 3.35. The van der Waals surface area contributed by atoms with Gasteiger partial charge in [0.1, 0.15) is 5.01 Å². The van der Waals surface area contributed by atoms with Crippen molar-refractivity contribution in [2.24, 2.45) is 5.73 Å². The third-order valence-corrected chi connectivity index (χ3v) is 4.53. The van der Waals surface area contributed by atoms with Crippen molar-refractivity contribution in [3.8, 4) is 22.1 Å². The molecule has 0 aliphatic heterocycles. The number of hydrogen-bond acceptors (Lipinski definition) is 5. The van der Waals surface area contributed by atoms with E-state index >= 15 is 0 Å². The number of nitrogens with zero attached hydrogens (tertiary/aromatic N) is 1. The summed E-state index contributed by atoms with van der Waals surface area (Å²) in [5.74, 6) is 1.47. The second-order valence-electron chi connectivity index (χ2n) is 4.74. The van der Waals surface area contributed by atoms with Crippen molar-refractivity contribution in [2.45, 2.75) is 33.2 Å². The van der Waals surface area contributed by atoms with E-state index in [4.69, 9.17) is 20.2 Å². The number of benzene rings is 1. The van der Waals surface area contributed by atoms with Gasteiger partial charge in [0.05, 0.1) is 25.0 Å². The maximum atomic E-state index is 6.05. The van der Waals surface area contributed by atoms with Crippen molar-refractivity contribution < 1.29 is 9.47 Å². The molecule has 1 aromatic carbocycles. The summed E-state index contributed by atoms with van der Waals surface area (Å²) >= 11 is 1.63. The zero-order chi connectivity index (χ0) is 15.4. The van der Waals surface area contributed by atoms with E-state index in [1.165, 1.54) is 0 Å². The molecule has 0 aliphatic carbocycles. The predicted molar refractivity (Wildman–Crippen MR) is 87.3 cm³/mol. The molecule has 0 amide bonds. The molecule has 0 radical (unpaired) electrons. The highest BCUT2D eigenvalue weighted by Gasteiger charge is 2.19. The van der Waals surface area contributed by atoms with Crippen LogP contribution in [-0.2, 0) is 6.42 Å². The van der Waals surface area contributed by atoms with E-state index in [-0.39, 0.29) is 6.04 Å². The van der Waals surface area contributed by atoms with Gasteiger partial charge in [-0.05, 0) is 32.4 Å². The van der Waals surface area contributed by atoms with Crippen LogP contribution >= 0.6 is 11.3 Å². The molecule has 1 aromatic heterocycles. The van der Waals surface area contributed by atoms with Gasteiger partial charge in [0.2, 0.25) is 0 Å². The fourth-order valence-electron chi connectivity index (χ4n) is 2.23. The van der Waals surface area contributed by atoms with Crippen LogP contribution < -0.4 is 15.2 Å². The lowest BCUT2D eigenvalue weighted by atomic mass is 10.2. The maximum absolute atomic E-state index is 6.05. The van der Waals surface area contributed by atoms with Crippen molar-refractivity contribution in [3.63, 3.8) is 0 Å². The molecule has 0 aliphatic rings. The number of thiazole rings is 1. The maximum Gasteiger partial charge on any atom is 0.171 e. The van der Waals surface area contributed by atoms with Crippen molar-refractivity contribution in [3.05, 3.63) is 28.8 Å². The second kappa shape index (κ2) is 6.91. The Morgan fingerprint density at radius 2 is 2.10 bits per heavy atom. The smallest absolute Gasteiger partial charge is 0.171 e. The van der Waals surface area contributed by atoms with Gasteiger partial charge in [0, 0.05) is 10.9 Å². The lowest BCUT2D eigenvalue weighted by Crippen LogP contribution is -2.05. The van der Waals surface area contributed by atoms with E-state index < -0.39 is 0 Å². The minimum absolute atomic E-state index is 0.00708. The molecule has 1 heterocycles. The monoisotopic (exact) mass is 306 g/mol. The van der Waals surface area contributed by atoms with Crippen LogP contribution in [0.1, 0.15) is 37.4 Å². The summed E-state index contributed by atoms with van der Waals surface area (Å²) in [4.78, 5) is 5.88. The summed E-state index contributed by atoms with van der Waals surface area (Å²) in [6, 6.07) is 5.86. The van der Waals surface area contributed by atoms with Crippen LogP contribution in [-0.4, -0.2) is 18.7 Å². The Hall–Kier alpha value is -1.59. The highest BCUT2D eigenvalue weighted by atomic mass is 32.1. The summed E-state index contributed by atoms with van der Waals surface area (Å²) in [5, 5.41) is 0.932. The Balaban J connectivity index is 2.56. The fraction of sp³-hybridized carbons (Fsp3) is 0.438. The van der Waals surface area contributed by atoms with E-state index in [9.17, 15) is 0 Å². The molecule has 5 heteroatoms. The van der Waals surface area contributed by atoms with Crippen LogP contribution in [0.3, 0.4) is 0 Å². The van der Waals surface area contributed by atoms with Gasteiger partial charge in [-0.15, -0.1) is 11.3 Å². The normalized spacial score (nSPS) is 12.2. The Kier molecular flexibility index (Phi) is 5.20. The van der Waals surface area contributed by atoms with Crippen molar-refractivity contribution in [1.29, 1.82) is 0 Å². The van der Waals surface area contributed by atoms with Gasteiger partial charge in [0.25, 0.3) is 0 Å². The summed E-state index contributed by atoms with van der Waals surface area (Å²) in [7, 11) is 1.65. The third-order valence-electron chi connectivity index (χ3n) is 3.19. The SMILES string of the molecule is CCOc1c(OC)cccc1-c1nc(CC)c(C(C)N)s1. The first-order valence-corrected chi connectivity index (χ1v) is 7.99. The van der Waals surface area contributed by atoms with E-state index in [1.807, 2.05) is 32.0 Å². The number of nitrogens with two attached hydrogens (primary N) is 1. The average Bonchev–Trinajstić information content (AvgIpc) is 2.92. The quantitative estimate of drug-likeness (QED) is 0.882. The number of rotatable bonds is 6. The first-order valence-electron chi connectivity index (χ1n) is 7.17. The van der Waals surface area contributed by atoms with Gasteiger partial charge in [-0.3, -0.25) is 0 Å². The van der Waals surface area contributed by atoms with Gasteiger partial charge >= 0.3 is 0 Å². The first kappa shape index (κ1) is 15.8. The van der Waals surface area contributed by atoms with Crippen LogP contribution in [0, 0.1) is 0 Å². The van der Waals surface area contributed by atoms with Crippen LogP contribution in [0.5, 0.6) is 11.5 Å². The van der Waals surface area contributed by atoms with Gasteiger partial charge < -0.3 is 15.2 Å².